The van der Waals surface area contributed by atoms with E-state index in [1.165, 1.54) is 238 Å². The van der Waals surface area contributed by atoms with Crippen LogP contribution in [0.25, 0.3) is 0 Å². The van der Waals surface area contributed by atoms with Crippen LogP contribution in [0.15, 0.2) is 72.9 Å². The van der Waals surface area contributed by atoms with Crippen molar-refractivity contribution in [2.75, 3.05) is 13.2 Å². The summed E-state index contributed by atoms with van der Waals surface area (Å²) in [5.74, 6) is -0.869. The maximum Gasteiger partial charge on any atom is 0.306 e. The van der Waals surface area contributed by atoms with E-state index in [0.717, 1.165) is 83.5 Å². The number of hydrogen-bond acceptors (Lipinski definition) is 6. The summed E-state index contributed by atoms with van der Waals surface area (Å²) < 4.78 is 16.9. The van der Waals surface area contributed by atoms with Crippen molar-refractivity contribution < 1.29 is 28.6 Å². The molecular weight excluding hydrogens is 985 g/mol. The van der Waals surface area contributed by atoms with Gasteiger partial charge >= 0.3 is 17.9 Å². The number of esters is 3. The second kappa shape index (κ2) is 68.3. The summed E-state index contributed by atoms with van der Waals surface area (Å²) in [6.07, 6.45) is 89.6. The molecule has 0 aromatic carbocycles. The lowest BCUT2D eigenvalue weighted by atomic mass is 10.0. The van der Waals surface area contributed by atoms with Gasteiger partial charge in [-0.2, -0.15) is 0 Å². The maximum atomic E-state index is 12.9. The Morgan fingerprint density at radius 2 is 0.450 bits per heavy atom. The summed E-state index contributed by atoms with van der Waals surface area (Å²) in [6.45, 7) is 6.60. The lowest BCUT2D eigenvalue weighted by molar-refractivity contribution is -0.167. The predicted octanol–water partition coefficient (Wildman–Crippen LogP) is 24.1. The van der Waals surface area contributed by atoms with Crippen LogP contribution in [0.3, 0.4) is 0 Å². The van der Waals surface area contributed by atoms with Crippen LogP contribution in [0.1, 0.15) is 361 Å². The van der Waals surface area contributed by atoms with Crippen LogP contribution in [0, 0.1) is 0 Å². The largest absolute Gasteiger partial charge is 0.462 e. The van der Waals surface area contributed by atoms with Gasteiger partial charge in [-0.25, -0.2) is 0 Å². The molecule has 6 nitrogen and oxygen atoms in total. The van der Waals surface area contributed by atoms with Gasteiger partial charge in [0.15, 0.2) is 6.10 Å². The van der Waals surface area contributed by atoms with E-state index >= 15 is 0 Å². The zero-order chi connectivity index (χ0) is 57.8. The number of hydrogen-bond donors (Lipinski definition) is 0. The summed E-state index contributed by atoms with van der Waals surface area (Å²) in [5, 5.41) is 0. The zero-order valence-electron chi connectivity index (χ0n) is 53.3. The van der Waals surface area contributed by atoms with Crippen LogP contribution in [0.4, 0.5) is 0 Å². The minimum Gasteiger partial charge on any atom is -0.462 e. The van der Waals surface area contributed by atoms with Gasteiger partial charge in [0, 0.05) is 19.3 Å². The van der Waals surface area contributed by atoms with E-state index in [2.05, 4.69) is 93.7 Å². The van der Waals surface area contributed by atoms with E-state index in [-0.39, 0.29) is 31.1 Å². The highest BCUT2D eigenvalue weighted by molar-refractivity contribution is 5.71. The molecule has 0 saturated heterocycles. The number of allylic oxidation sites excluding steroid dienone is 12. The molecule has 0 N–H and O–H groups in total. The average molecular weight is 1120 g/mol. The lowest BCUT2D eigenvalue weighted by Crippen LogP contribution is -2.30. The fourth-order valence-corrected chi connectivity index (χ4v) is 10.2. The summed E-state index contributed by atoms with van der Waals surface area (Å²) >= 11 is 0. The van der Waals surface area contributed by atoms with Gasteiger partial charge in [-0.15, -0.1) is 0 Å². The second-order valence-electron chi connectivity index (χ2n) is 23.4. The molecular formula is C74H132O6. The van der Waals surface area contributed by atoms with Crippen molar-refractivity contribution in [3.8, 4) is 0 Å². The molecule has 0 spiro atoms. The van der Waals surface area contributed by atoms with Crippen molar-refractivity contribution in [3.63, 3.8) is 0 Å². The quantitative estimate of drug-likeness (QED) is 0.0261. The normalized spacial score (nSPS) is 12.5. The highest BCUT2D eigenvalue weighted by atomic mass is 16.6. The monoisotopic (exact) mass is 1120 g/mol. The first-order valence-electron chi connectivity index (χ1n) is 34.9. The van der Waals surface area contributed by atoms with Gasteiger partial charge < -0.3 is 14.2 Å². The van der Waals surface area contributed by atoms with Crippen LogP contribution >= 0.6 is 0 Å². The molecule has 0 fully saturated rings. The Morgan fingerprint density at radius 1 is 0.250 bits per heavy atom. The molecule has 0 amide bonds. The summed E-state index contributed by atoms with van der Waals surface area (Å²) in [5.41, 5.74) is 0. The highest BCUT2D eigenvalue weighted by Crippen LogP contribution is 2.17. The van der Waals surface area contributed by atoms with Crippen LogP contribution < -0.4 is 0 Å². The van der Waals surface area contributed by atoms with Gasteiger partial charge in [0.1, 0.15) is 13.2 Å². The lowest BCUT2D eigenvalue weighted by Gasteiger charge is -2.18. The van der Waals surface area contributed by atoms with E-state index in [1.54, 1.807) is 0 Å². The first-order chi connectivity index (χ1) is 39.5. The predicted molar refractivity (Wildman–Crippen MR) is 348 cm³/mol. The molecule has 0 aromatic heterocycles. The van der Waals surface area contributed by atoms with Gasteiger partial charge in [0.2, 0.25) is 0 Å². The van der Waals surface area contributed by atoms with Crippen molar-refractivity contribution in [3.05, 3.63) is 72.9 Å². The van der Waals surface area contributed by atoms with Crippen molar-refractivity contribution in [1.29, 1.82) is 0 Å². The molecule has 0 bridgehead atoms. The molecule has 1 atom stereocenters. The molecule has 6 heteroatoms. The van der Waals surface area contributed by atoms with Crippen molar-refractivity contribution in [2.45, 2.75) is 367 Å². The maximum absolute atomic E-state index is 12.9. The van der Waals surface area contributed by atoms with E-state index in [4.69, 9.17) is 14.2 Å². The molecule has 80 heavy (non-hydrogen) atoms. The van der Waals surface area contributed by atoms with E-state index in [9.17, 15) is 14.4 Å². The molecule has 0 aromatic rings. The topological polar surface area (TPSA) is 78.9 Å². The Morgan fingerprint density at radius 3 is 0.700 bits per heavy atom. The highest BCUT2D eigenvalue weighted by Gasteiger charge is 2.19. The van der Waals surface area contributed by atoms with Crippen molar-refractivity contribution in [2.24, 2.45) is 0 Å². The molecule has 464 valence electrons. The molecule has 0 aliphatic carbocycles. The Hall–Kier alpha value is -3.15. The van der Waals surface area contributed by atoms with Crippen LogP contribution in [0.2, 0.25) is 0 Å². The Balaban J connectivity index is 4.03. The Kier molecular flexibility index (Phi) is 65.7. The van der Waals surface area contributed by atoms with Gasteiger partial charge in [-0.3, -0.25) is 14.4 Å². The standard InChI is InChI=1S/C74H132O6/c1-4-7-10-13-16-18-20-22-24-26-28-30-32-34-36-37-39-40-42-44-46-48-50-52-54-56-58-61-64-67-73(76)79-70-71(69-78-72(75)66-63-60-15-12-9-6-3)80-74(77)68-65-62-59-57-55-53-51-49-47-45-43-41-38-35-33-31-29-27-25-23-21-19-17-14-11-8-5-2/h20-23,26-29,32-35,71H,4-19,24-25,30-31,36-70H2,1-3H3/b22-20-,23-21-,28-26-,29-27-,34-32-,35-33-. The third kappa shape index (κ3) is 65.7. The smallest absolute Gasteiger partial charge is 0.306 e. The molecule has 0 aliphatic heterocycles. The summed E-state index contributed by atoms with van der Waals surface area (Å²) in [7, 11) is 0. The van der Waals surface area contributed by atoms with E-state index < -0.39 is 6.10 Å². The molecule has 1 unspecified atom stereocenters. The summed E-state index contributed by atoms with van der Waals surface area (Å²) in [6, 6.07) is 0. The van der Waals surface area contributed by atoms with Gasteiger partial charge in [-0.05, 0) is 96.3 Å². The van der Waals surface area contributed by atoms with Crippen molar-refractivity contribution in [1.82, 2.24) is 0 Å². The fraction of sp³-hybridized carbons (Fsp3) is 0.797. The second-order valence-corrected chi connectivity index (χ2v) is 23.4. The molecule has 0 rings (SSSR count). The third-order valence-corrected chi connectivity index (χ3v) is 15.4. The van der Waals surface area contributed by atoms with Gasteiger partial charge in [0.25, 0.3) is 0 Å². The van der Waals surface area contributed by atoms with Crippen molar-refractivity contribution >= 4 is 17.9 Å². The number of unbranched alkanes of at least 4 members (excludes halogenated alkanes) is 41. The van der Waals surface area contributed by atoms with Gasteiger partial charge in [0.05, 0.1) is 0 Å². The van der Waals surface area contributed by atoms with E-state index in [1.807, 2.05) is 0 Å². The molecule has 0 radical (unpaired) electrons. The number of ether oxygens (including phenoxy) is 3. The average Bonchev–Trinajstić information content (AvgIpc) is 3.46. The van der Waals surface area contributed by atoms with Crippen LogP contribution in [-0.2, 0) is 28.6 Å². The van der Waals surface area contributed by atoms with Gasteiger partial charge in [-0.1, -0.05) is 318 Å². The van der Waals surface area contributed by atoms with Crippen LogP contribution in [0.5, 0.6) is 0 Å². The Bertz CT molecular complexity index is 1470. The fourth-order valence-electron chi connectivity index (χ4n) is 10.2. The number of carbonyl (C=O) groups excluding carboxylic acids is 3. The molecule has 0 saturated carbocycles. The summed E-state index contributed by atoms with van der Waals surface area (Å²) in [4.78, 5) is 38.1. The SMILES string of the molecule is CCCCCCC/C=C\C/C=C\C/C=C\CCCCCCCCCCCCCCCCC(=O)OCC(COC(=O)CCCCCCCC)OC(=O)CCCCCCCCCCCCCC/C=C\C/C=C\C/C=C\CCCCCCC. The molecule has 0 heterocycles. The minimum atomic E-state index is -0.774. The number of rotatable bonds is 64. The Labute approximate surface area is 497 Å². The first-order valence-corrected chi connectivity index (χ1v) is 34.9. The first kappa shape index (κ1) is 76.9. The number of carbonyl (C=O) groups is 3. The molecule has 0 aliphatic rings. The van der Waals surface area contributed by atoms with Crippen LogP contribution in [-0.4, -0.2) is 37.2 Å². The zero-order valence-corrected chi connectivity index (χ0v) is 53.3. The third-order valence-electron chi connectivity index (χ3n) is 15.4. The van der Waals surface area contributed by atoms with E-state index in [0.29, 0.717) is 19.3 Å². The minimum absolute atomic E-state index is 0.0733.